The summed E-state index contributed by atoms with van der Waals surface area (Å²) in [5.41, 5.74) is 0.389. The summed E-state index contributed by atoms with van der Waals surface area (Å²) < 4.78 is 17.7. The molecule has 4 rings (SSSR count). The van der Waals surface area contributed by atoms with E-state index < -0.39 is 11.8 Å². The molecule has 0 aliphatic heterocycles. The fourth-order valence-corrected chi connectivity index (χ4v) is 3.96. The SMILES string of the molecule is Cn1ncc(NC(=O)c2ccc(COc3c(Cl)cc(Cl)cc3Cl)o2)c1C(=O)NCc1ccco1. The summed E-state index contributed by atoms with van der Waals surface area (Å²) in [4.78, 5) is 25.3. The van der Waals surface area contributed by atoms with Crippen molar-refractivity contribution in [2.45, 2.75) is 13.2 Å². The minimum atomic E-state index is -0.568. The lowest BCUT2D eigenvalue weighted by atomic mass is 10.3. The van der Waals surface area contributed by atoms with Crippen LogP contribution in [0, 0.1) is 0 Å². The molecule has 34 heavy (non-hydrogen) atoms. The van der Waals surface area contributed by atoms with Crippen LogP contribution >= 0.6 is 34.8 Å². The van der Waals surface area contributed by atoms with Crippen molar-refractivity contribution in [1.82, 2.24) is 15.1 Å². The van der Waals surface area contributed by atoms with Crippen LogP contribution in [0.5, 0.6) is 5.75 Å². The lowest BCUT2D eigenvalue weighted by Crippen LogP contribution is -2.26. The maximum absolute atomic E-state index is 12.7. The molecule has 2 N–H and O–H groups in total. The highest BCUT2D eigenvalue weighted by atomic mass is 35.5. The summed E-state index contributed by atoms with van der Waals surface area (Å²) >= 11 is 18.1. The zero-order valence-electron chi connectivity index (χ0n) is 17.6. The molecule has 2 amide bonds. The number of carbonyl (C=O) groups is 2. The number of ether oxygens (including phenoxy) is 1. The summed E-state index contributed by atoms with van der Waals surface area (Å²) in [6.45, 7) is 0.162. The molecular weight excluding hydrogens is 507 g/mol. The molecule has 0 saturated carbocycles. The number of nitrogens with one attached hydrogen (secondary N) is 2. The standard InChI is InChI=1S/C22H17Cl3N4O5/c1-29-19(22(31)26-9-13-3-2-6-32-13)17(10-27-29)28-21(30)18-5-4-14(34-18)11-33-20-15(24)7-12(23)8-16(20)25/h2-8,10H,9,11H2,1H3,(H,26,31)(H,28,30). The summed E-state index contributed by atoms with van der Waals surface area (Å²) in [5.74, 6) is 0.203. The molecule has 0 fully saturated rings. The molecule has 0 unspecified atom stereocenters. The number of anilines is 1. The van der Waals surface area contributed by atoms with Crippen LogP contribution in [0.15, 0.2) is 57.7 Å². The minimum Gasteiger partial charge on any atom is -0.483 e. The van der Waals surface area contributed by atoms with Crippen molar-refractivity contribution in [2.24, 2.45) is 7.05 Å². The molecule has 3 aromatic heterocycles. The second kappa shape index (κ2) is 10.3. The first-order chi connectivity index (χ1) is 16.3. The average molecular weight is 524 g/mol. The quantitative estimate of drug-likeness (QED) is 0.323. The molecule has 0 spiro atoms. The summed E-state index contributed by atoms with van der Waals surface area (Å²) in [5, 5.41) is 10.3. The Morgan fingerprint density at radius 3 is 2.56 bits per heavy atom. The fraction of sp³-hybridized carbons (Fsp3) is 0.136. The highest BCUT2D eigenvalue weighted by Gasteiger charge is 2.21. The Balaban J connectivity index is 1.40. The molecule has 0 aliphatic rings. The minimum absolute atomic E-state index is 0.0118. The number of furan rings is 2. The van der Waals surface area contributed by atoms with Gasteiger partial charge in [-0.15, -0.1) is 0 Å². The average Bonchev–Trinajstić information content (AvgIpc) is 3.53. The molecule has 3 heterocycles. The maximum atomic E-state index is 12.7. The van der Waals surface area contributed by atoms with Gasteiger partial charge in [0.05, 0.1) is 34.7 Å². The van der Waals surface area contributed by atoms with Crippen LogP contribution in [0.1, 0.15) is 32.6 Å². The number of halogens is 3. The van der Waals surface area contributed by atoms with E-state index in [0.717, 1.165) is 0 Å². The van der Waals surface area contributed by atoms with Crippen molar-refractivity contribution in [3.05, 3.63) is 86.9 Å². The first-order valence-electron chi connectivity index (χ1n) is 9.82. The van der Waals surface area contributed by atoms with Crippen LogP contribution < -0.4 is 15.4 Å². The van der Waals surface area contributed by atoms with E-state index in [-0.39, 0.29) is 46.1 Å². The predicted octanol–water partition coefficient (Wildman–Crippen LogP) is 5.33. The van der Waals surface area contributed by atoms with Crippen LogP contribution in [-0.4, -0.2) is 21.6 Å². The van der Waals surface area contributed by atoms with Gasteiger partial charge in [0.1, 0.15) is 23.8 Å². The lowest BCUT2D eigenvalue weighted by Gasteiger charge is -2.09. The molecule has 12 heteroatoms. The van der Waals surface area contributed by atoms with Crippen LogP contribution in [0.2, 0.25) is 15.1 Å². The van der Waals surface area contributed by atoms with Gasteiger partial charge in [0.15, 0.2) is 11.5 Å². The maximum Gasteiger partial charge on any atom is 0.291 e. The summed E-state index contributed by atoms with van der Waals surface area (Å²) in [7, 11) is 1.59. The Morgan fingerprint density at radius 2 is 1.85 bits per heavy atom. The van der Waals surface area contributed by atoms with Gasteiger partial charge < -0.3 is 24.2 Å². The van der Waals surface area contributed by atoms with Gasteiger partial charge in [0.2, 0.25) is 0 Å². The van der Waals surface area contributed by atoms with E-state index in [1.54, 1.807) is 25.2 Å². The van der Waals surface area contributed by atoms with Gasteiger partial charge in [-0.05, 0) is 36.4 Å². The van der Waals surface area contributed by atoms with Gasteiger partial charge in [-0.25, -0.2) is 0 Å². The van der Waals surface area contributed by atoms with Gasteiger partial charge in [0.25, 0.3) is 11.8 Å². The molecule has 0 atom stereocenters. The largest absolute Gasteiger partial charge is 0.483 e. The molecule has 0 saturated heterocycles. The third-order valence-electron chi connectivity index (χ3n) is 4.61. The zero-order chi connectivity index (χ0) is 24.2. The number of rotatable bonds is 8. The van der Waals surface area contributed by atoms with Gasteiger partial charge in [-0.3, -0.25) is 14.3 Å². The number of aromatic nitrogens is 2. The number of benzene rings is 1. The predicted molar refractivity (Wildman–Crippen MR) is 126 cm³/mol. The van der Waals surface area contributed by atoms with E-state index in [1.165, 1.54) is 35.3 Å². The van der Waals surface area contributed by atoms with E-state index in [4.69, 9.17) is 48.4 Å². The number of hydrogen-bond acceptors (Lipinski definition) is 6. The zero-order valence-corrected chi connectivity index (χ0v) is 19.9. The molecule has 0 aliphatic carbocycles. The van der Waals surface area contributed by atoms with Crippen LogP contribution in [0.25, 0.3) is 0 Å². The van der Waals surface area contributed by atoms with Gasteiger partial charge in [-0.1, -0.05) is 34.8 Å². The fourth-order valence-electron chi connectivity index (χ4n) is 3.03. The third-order valence-corrected chi connectivity index (χ3v) is 5.39. The molecule has 4 aromatic rings. The first-order valence-corrected chi connectivity index (χ1v) is 10.9. The smallest absolute Gasteiger partial charge is 0.291 e. The Kier molecular flexibility index (Phi) is 7.16. The Labute approximate surface area is 208 Å². The van der Waals surface area contributed by atoms with E-state index >= 15 is 0 Å². The summed E-state index contributed by atoms with van der Waals surface area (Å²) in [6.07, 6.45) is 2.88. The van der Waals surface area contributed by atoms with Crippen molar-refractivity contribution in [1.29, 1.82) is 0 Å². The van der Waals surface area contributed by atoms with Crippen molar-refractivity contribution >= 4 is 52.3 Å². The Bertz CT molecular complexity index is 1310. The van der Waals surface area contributed by atoms with E-state index in [1.807, 2.05) is 0 Å². The second-order valence-corrected chi connectivity index (χ2v) is 8.25. The number of amides is 2. The Morgan fingerprint density at radius 1 is 1.09 bits per heavy atom. The molecule has 9 nitrogen and oxygen atoms in total. The van der Waals surface area contributed by atoms with Gasteiger partial charge >= 0.3 is 0 Å². The van der Waals surface area contributed by atoms with E-state index in [0.29, 0.717) is 16.5 Å². The highest BCUT2D eigenvalue weighted by molar-refractivity contribution is 6.40. The first kappa shape index (κ1) is 23.7. The summed E-state index contributed by atoms with van der Waals surface area (Å²) in [6, 6.07) is 9.51. The van der Waals surface area contributed by atoms with Crippen molar-refractivity contribution < 1.29 is 23.2 Å². The van der Waals surface area contributed by atoms with E-state index in [2.05, 4.69) is 15.7 Å². The van der Waals surface area contributed by atoms with Crippen molar-refractivity contribution in [3.63, 3.8) is 0 Å². The van der Waals surface area contributed by atoms with Gasteiger partial charge in [-0.2, -0.15) is 5.10 Å². The van der Waals surface area contributed by atoms with Crippen LogP contribution in [0.3, 0.4) is 0 Å². The van der Waals surface area contributed by atoms with Crippen LogP contribution in [0.4, 0.5) is 5.69 Å². The lowest BCUT2D eigenvalue weighted by molar-refractivity contribution is 0.0939. The van der Waals surface area contributed by atoms with Crippen LogP contribution in [-0.2, 0) is 20.2 Å². The molecule has 176 valence electrons. The van der Waals surface area contributed by atoms with Crippen molar-refractivity contribution in [2.75, 3.05) is 5.32 Å². The molecule has 0 radical (unpaired) electrons. The molecule has 0 bridgehead atoms. The Hall–Kier alpha value is -3.40. The number of nitrogens with zero attached hydrogens (tertiary/aromatic N) is 2. The van der Waals surface area contributed by atoms with Gasteiger partial charge in [0, 0.05) is 12.1 Å². The number of carbonyl (C=O) groups excluding carboxylic acids is 2. The molecular formula is C22H17Cl3N4O5. The van der Waals surface area contributed by atoms with E-state index in [9.17, 15) is 9.59 Å². The number of aryl methyl sites for hydroxylation is 1. The molecule has 1 aromatic carbocycles. The number of hydrogen-bond donors (Lipinski definition) is 2. The highest BCUT2D eigenvalue weighted by Crippen LogP contribution is 2.36. The topological polar surface area (TPSA) is 112 Å². The third kappa shape index (κ3) is 5.39. The monoisotopic (exact) mass is 522 g/mol. The second-order valence-electron chi connectivity index (χ2n) is 7.00. The normalized spacial score (nSPS) is 10.8. The van der Waals surface area contributed by atoms with Crippen molar-refractivity contribution in [3.8, 4) is 5.75 Å².